The number of ether oxygens (including phenoxy) is 1. The average Bonchev–Trinajstić information content (AvgIpc) is 3.16. The number of amides is 2. The van der Waals surface area contributed by atoms with Crippen LogP contribution in [0.25, 0.3) is 0 Å². The number of hydrogen-bond acceptors (Lipinski definition) is 6. The van der Waals surface area contributed by atoms with Gasteiger partial charge in [-0.25, -0.2) is 9.69 Å². The third kappa shape index (κ3) is 6.34. The van der Waals surface area contributed by atoms with Crippen LogP contribution in [0, 0.1) is 6.92 Å². The molecule has 0 radical (unpaired) electrons. The first-order chi connectivity index (χ1) is 18.4. The normalized spacial score (nSPS) is 13.3. The number of anilines is 2. The molecule has 0 bridgehead atoms. The van der Waals surface area contributed by atoms with Crippen LogP contribution in [0.1, 0.15) is 54.6 Å². The summed E-state index contributed by atoms with van der Waals surface area (Å²) in [4.78, 5) is 42.1. The van der Waals surface area contributed by atoms with E-state index >= 15 is 0 Å². The van der Waals surface area contributed by atoms with E-state index in [-0.39, 0.29) is 11.6 Å². The van der Waals surface area contributed by atoms with Crippen molar-refractivity contribution in [2.45, 2.75) is 51.3 Å². The van der Waals surface area contributed by atoms with Crippen LogP contribution in [0.4, 0.5) is 11.4 Å². The number of esters is 1. The van der Waals surface area contributed by atoms with Crippen LogP contribution in [0.5, 0.6) is 0 Å². The lowest BCUT2D eigenvalue weighted by Gasteiger charge is -2.16. The Labute approximate surface area is 228 Å². The molecule has 3 aromatic rings. The van der Waals surface area contributed by atoms with Crippen molar-refractivity contribution >= 4 is 40.9 Å². The summed E-state index contributed by atoms with van der Waals surface area (Å²) in [6, 6.07) is 22.1. The van der Waals surface area contributed by atoms with Gasteiger partial charge in [0.25, 0.3) is 11.8 Å². The number of aryl methyl sites for hydroxylation is 2. The van der Waals surface area contributed by atoms with Crippen LogP contribution in [0.2, 0.25) is 0 Å². The highest BCUT2D eigenvalue weighted by molar-refractivity contribution is 8.04. The summed E-state index contributed by atoms with van der Waals surface area (Å²) in [5.74, 6) is -1.26. The van der Waals surface area contributed by atoms with Crippen LogP contribution in [0.15, 0.2) is 88.3 Å². The maximum absolute atomic E-state index is 13.7. The minimum absolute atomic E-state index is 0.176. The molecule has 196 valence electrons. The zero-order valence-corrected chi connectivity index (χ0v) is 22.8. The number of carbonyl (C=O) groups excluding carboxylic acids is 3. The van der Waals surface area contributed by atoms with Gasteiger partial charge in [-0.3, -0.25) is 9.59 Å². The van der Waals surface area contributed by atoms with Crippen LogP contribution >= 0.6 is 11.8 Å². The molecule has 1 heterocycles. The predicted octanol–water partition coefficient (Wildman–Crippen LogP) is 6.89. The van der Waals surface area contributed by atoms with E-state index in [9.17, 15) is 14.4 Å². The molecular formula is C31H32N2O4S. The molecule has 0 spiro atoms. The Hall–Kier alpha value is -3.84. The summed E-state index contributed by atoms with van der Waals surface area (Å²) in [6.07, 6.45) is 3.86. The fourth-order valence-corrected chi connectivity index (χ4v) is 4.94. The Morgan fingerprint density at radius 2 is 1.66 bits per heavy atom. The van der Waals surface area contributed by atoms with E-state index in [4.69, 9.17) is 4.74 Å². The van der Waals surface area contributed by atoms with E-state index in [0.29, 0.717) is 28.5 Å². The highest BCUT2D eigenvalue weighted by Gasteiger charge is 2.40. The zero-order chi connectivity index (χ0) is 27.1. The number of unbranched alkanes of at least 4 members (excludes halogenated alkanes) is 1. The highest BCUT2D eigenvalue weighted by Crippen LogP contribution is 2.38. The number of hydrogen-bond donors (Lipinski definition) is 1. The Bertz CT molecular complexity index is 1350. The molecule has 4 rings (SSSR count). The minimum atomic E-state index is -0.440. The van der Waals surface area contributed by atoms with Crippen molar-refractivity contribution in [3.8, 4) is 0 Å². The summed E-state index contributed by atoms with van der Waals surface area (Å²) in [5, 5.41) is 3.13. The number of benzene rings is 3. The second-order valence-corrected chi connectivity index (χ2v) is 10.3. The molecule has 2 amide bonds. The van der Waals surface area contributed by atoms with E-state index in [2.05, 4.69) is 12.2 Å². The van der Waals surface area contributed by atoms with Gasteiger partial charge in [0.15, 0.2) is 0 Å². The first-order valence-electron chi connectivity index (χ1n) is 12.9. The fraction of sp³-hybridized carbons (Fsp3) is 0.258. The predicted molar refractivity (Wildman–Crippen MR) is 152 cm³/mol. The second-order valence-electron chi connectivity index (χ2n) is 9.18. The number of nitrogens with one attached hydrogen (secondary N) is 1. The number of imide groups is 1. The van der Waals surface area contributed by atoms with Crippen molar-refractivity contribution in [1.29, 1.82) is 0 Å². The number of rotatable bonds is 11. The number of thioether (sulfide) groups is 1. The average molecular weight is 529 g/mol. The Balaban J connectivity index is 1.66. The molecule has 0 saturated heterocycles. The van der Waals surface area contributed by atoms with Gasteiger partial charge in [0.05, 0.1) is 17.9 Å². The third-order valence-electron chi connectivity index (χ3n) is 6.10. The molecule has 0 aromatic heterocycles. The largest absolute Gasteiger partial charge is 0.462 e. The summed E-state index contributed by atoms with van der Waals surface area (Å²) < 4.78 is 5.25. The lowest BCUT2D eigenvalue weighted by atomic mass is 10.1. The Morgan fingerprint density at radius 3 is 2.34 bits per heavy atom. The first-order valence-corrected chi connectivity index (χ1v) is 13.7. The lowest BCUT2D eigenvalue weighted by Crippen LogP contribution is -2.32. The van der Waals surface area contributed by atoms with Gasteiger partial charge < -0.3 is 10.1 Å². The van der Waals surface area contributed by atoms with Crippen molar-refractivity contribution in [2.75, 3.05) is 16.8 Å². The van der Waals surface area contributed by atoms with Crippen LogP contribution in [-0.4, -0.2) is 24.4 Å². The van der Waals surface area contributed by atoms with Crippen molar-refractivity contribution in [1.82, 2.24) is 0 Å². The highest BCUT2D eigenvalue weighted by atomic mass is 32.2. The van der Waals surface area contributed by atoms with E-state index in [1.807, 2.05) is 62.4 Å². The molecule has 0 unspecified atom stereocenters. The third-order valence-corrected chi connectivity index (χ3v) is 7.19. The molecule has 0 saturated carbocycles. The lowest BCUT2D eigenvalue weighted by molar-refractivity contribution is -0.120. The quantitative estimate of drug-likeness (QED) is 0.216. The van der Waals surface area contributed by atoms with Crippen molar-refractivity contribution < 1.29 is 19.1 Å². The first kappa shape index (κ1) is 27.2. The number of carbonyl (C=O) groups is 3. The van der Waals surface area contributed by atoms with Gasteiger partial charge in [0, 0.05) is 10.6 Å². The van der Waals surface area contributed by atoms with Gasteiger partial charge in [-0.1, -0.05) is 67.9 Å². The second kappa shape index (κ2) is 12.6. The van der Waals surface area contributed by atoms with Gasteiger partial charge in [0.1, 0.15) is 10.6 Å². The standard InChI is InChI=1S/C31H32N2O4S/c1-4-6-8-22-13-15-25(16-14-22)33-29(34)27(28(30(33)35)38-26-17-11-21(3)12-18-26)32-24-10-7-9-23(20-24)31(36)37-19-5-2/h7,9-18,20,32H,4-6,8,19H2,1-3H3. The zero-order valence-electron chi connectivity index (χ0n) is 22.0. The molecular weight excluding hydrogens is 496 g/mol. The minimum Gasteiger partial charge on any atom is -0.462 e. The molecule has 0 atom stereocenters. The monoisotopic (exact) mass is 528 g/mol. The van der Waals surface area contributed by atoms with Crippen molar-refractivity contribution in [3.63, 3.8) is 0 Å². The molecule has 1 N–H and O–H groups in total. The molecule has 0 aliphatic carbocycles. The van der Waals surface area contributed by atoms with Gasteiger partial charge >= 0.3 is 5.97 Å². The maximum atomic E-state index is 13.7. The summed E-state index contributed by atoms with van der Waals surface area (Å²) in [6.45, 7) is 6.40. The van der Waals surface area contributed by atoms with Crippen LogP contribution in [-0.2, 0) is 20.7 Å². The molecule has 38 heavy (non-hydrogen) atoms. The topological polar surface area (TPSA) is 75.7 Å². The van der Waals surface area contributed by atoms with Crippen molar-refractivity contribution in [3.05, 3.63) is 100 Å². The van der Waals surface area contributed by atoms with Gasteiger partial charge in [-0.2, -0.15) is 0 Å². The van der Waals surface area contributed by atoms with Gasteiger partial charge in [-0.05, 0) is 74.2 Å². The summed E-state index contributed by atoms with van der Waals surface area (Å²) in [7, 11) is 0. The molecule has 6 nitrogen and oxygen atoms in total. The summed E-state index contributed by atoms with van der Waals surface area (Å²) in [5.41, 5.74) is 3.86. The van der Waals surface area contributed by atoms with Crippen LogP contribution in [0.3, 0.4) is 0 Å². The molecule has 1 aliphatic rings. The van der Waals surface area contributed by atoms with E-state index in [0.717, 1.165) is 36.1 Å². The SMILES string of the molecule is CCCCc1ccc(N2C(=O)C(Nc3cccc(C(=O)OCCC)c3)=C(Sc3ccc(C)cc3)C2=O)cc1. The van der Waals surface area contributed by atoms with Gasteiger partial charge in [-0.15, -0.1) is 0 Å². The van der Waals surface area contributed by atoms with Crippen LogP contribution < -0.4 is 10.2 Å². The van der Waals surface area contributed by atoms with E-state index in [1.165, 1.54) is 22.2 Å². The Kier molecular flexibility index (Phi) is 9.02. The molecule has 1 aliphatic heterocycles. The van der Waals surface area contributed by atoms with E-state index in [1.54, 1.807) is 24.3 Å². The fourth-order valence-electron chi connectivity index (χ4n) is 4.01. The Morgan fingerprint density at radius 1 is 0.921 bits per heavy atom. The molecule has 7 heteroatoms. The van der Waals surface area contributed by atoms with E-state index < -0.39 is 11.9 Å². The van der Waals surface area contributed by atoms with Crippen molar-refractivity contribution in [2.24, 2.45) is 0 Å². The smallest absolute Gasteiger partial charge is 0.338 e. The molecule has 0 fully saturated rings. The van der Waals surface area contributed by atoms with Gasteiger partial charge in [0.2, 0.25) is 0 Å². The maximum Gasteiger partial charge on any atom is 0.338 e. The molecule has 3 aromatic carbocycles. The summed E-state index contributed by atoms with van der Waals surface area (Å²) >= 11 is 1.25. The number of nitrogens with zero attached hydrogens (tertiary/aromatic N) is 1.